The van der Waals surface area contributed by atoms with Crippen molar-refractivity contribution < 1.29 is 13.9 Å². The van der Waals surface area contributed by atoms with Crippen LogP contribution in [0.1, 0.15) is 18.4 Å². The van der Waals surface area contributed by atoms with Crippen molar-refractivity contribution in [3.05, 3.63) is 29.3 Å². The van der Waals surface area contributed by atoms with Crippen molar-refractivity contribution in [1.29, 1.82) is 0 Å². The van der Waals surface area contributed by atoms with E-state index in [9.17, 15) is 13.9 Å². The van der Waals surface area contributed by atoms with Crippen molar-refractivity contribution >= 4 is 22.9 Å². The normalized spacial score (nSPS) is 16.9. The summed E-state index contributed by atoms with van der Waals surface area (Å²) in [5.74, 6) is -1.94. The number of rotatable bonds is 2. The van der Waals surface area contributed by atoms with Gasteiger partial charge in [-0.1, -0.05) is 12.2 Å². The molecule has 0 aliphatic carbocycles. The van der Waals surface area contributed by atoms with Crippen LogP contribution >= 0.6 is 12.2 Å². The lowest BCUT2D eigenvalue weighted by molar-refractivity contribution is 0.145. The highest BCUT2D eigenvalue weighted by atomic mass is 32.1. The molecule has 1 heterocycles. The third kappa shape index (κ3) is 2.44. The molecule has 3 nitrogen and oxygen atoms in total. The average molecular weight is 272 g/mol. The number of nitrogens with zero attached hydrogens (tertiary/aromatic N) is 1. The molecular weight excluding hydrogens is 258 g/mol. The summed E-state index contributed by atoms with van der Waals surface area (Å²) in [5, 5.41) is 9.39. The Hall–Kier alpha value is -1.27. The maximum absolute atomic E-state index is 13.9. The molecule has 1 aromatic carbocycles. The largest absolute Gasteiger partial charge is 0.393 e. The average Bonchev–Trinajstić information content (AvgIpc) is 2.33. The molecular formula is C12H14F2N2OS. The first-order valence-electron chi connectivity index (χ1n) is 5.71. The van der Waals surface area contributed by atoms with Crippen LogP contribution < -0.4 is 10.6 Å². The van der Waals surface area contributed by atoms with Crippen molar-refractivity contribution in [3.63, 3.8) is 0 Å². The van der Waals surface area contributed by atoms with Crippen molar-refractivity contribution in [2.45, 2.75) is 18.9 Å². The molecule has 0 atom stereocenters. The highest BCUT2D eigenvalue weighted by Crippen LogP contribution is 2.26. The maximum atomic E-state index is 13.9. The van der Waals surface area contributed by atoms with Crippen LogP contribution in [0.4, 0.5) is 14.5 Å². The summed E-state index contributed by atoms with van der Waals surface area (Å²) in [4.78, 5) is 1.56. The molecule has 1 aromatic rings. The van der Waals surface area contributed by atoms with Gasteiger partial charge < -0.3 is 15.7 Å². The zero-order valence-electron chi connectivity index (χ0n) is 9.70. The Bertz CT molecular complexity index is 473. The van der Waals surface area contributed by atoms with E-state index in [1.807, 2.05) is 0 Å². The second-order valence-corrected chi connectivity index (χ2v) is 4.78. The number of thiocarbonyl (C=S) groups is 1. The topological polar surface area (TPSA) is 49.5 Å². The van der Waals surface area contributed by atoms with E-state index in [1.165, 1.54) is 12.1 Å². The molecule has 0 amide bonds. The van der Waals surface area contributed by atoms with E-state index in [4.69, 9.17) is 5.73 Å². The van der Waals surface area contributed by atoms with Gasteiger partial charge >= 0.3 is 0 Å². The molecule has 3 N–H and O–H groups in total. The number of nitrogens with two attached hydrogens (primary N) is 1. The Morgan fingerprint density at radius 2 is 1.89 bits per heavy atom. The maximum Gasteiger partial charge on any atom is 0.182 e. The predicted molar refractivity (Wildman–Crippen MR) is 69.7 cm³/mol. The van der Waals surface area contributed by atoms with E-state index < -0.39 is 11.6 Å². The molecule has 1 fully saturated rings. The predicted octanol–water partition coefficient (Wildman–Crippen LogP) is 1.56. The van der Waals surface area contributed by atoms with Crippen molar-refractivity contribution in [3.8, 4) is 0 Å². The monoisotopic (exact) mass is 272 g/mol. The van der Waals surface area contributed by atoms with Gasteiger partial charge in [-0.25, -0.2) is 8.78 Å². The van der Waals surface area contributed by atoms with Crippen LogP contribution in [0.15, 0.2) is 12.1 Å². The summed E-state index contributed by atoms with van der Waals surface area (Å²) in [7, 11) is 0. The van der Waals surface area contributed by atoms with Crippen LogP contribution in [0.2, 0.25) is 0 Å². The molecule has 1 saturated heterocycles. The standard InChI is InChI=1S/C12H14F2N2OS/c13-10-8(12(15)18)1-2-9(11(10)14)16-5-3-7(17)4-6-16/h1-2,7,17H,3-6H2,(H2,15,18). The molecule has 98 valence electrons. The molecule has 0 aromatic heterocycles. The fraction of sp³-hybridized carbons (Fsp3) is 0.417. The fourth-order valence-corrected chi connectivity index (χ4v) is 2.24. The Morgan fingerprint density at radius 1 is 1.28 bits per heavy atom. The number of anilines is 1. The van der Waals surface area contributed by atoms with E-state index in [1.54, 1.807) is 4.90 Å². The summed E-state index contributed by atoms with van der Waals surface area (Å²) in [5.41, 5.74) is 5.42. The SMILES string of the molecule is NC(=S)c1ccc(N2CCC(O)CC2)c(F)c1F. The van der Waals surface area contributed by atoms with Gasteiger partial charge in [0.25, 0.3) is 0 Å². The van der Waals surface area contributed by atoms with E-state index in [2.05, 4.69) is 12.2 Å². The van der Waals surface area contributed by atoms with Crippen molar-refractivity contribution in [2.75, 3.05) is 18.0 Å². The second kappa shape index (κ2) is 5.16. The number of piperidine rings is 1. The number of halogens is 2. The lowest BCUT2D eigenvalue weighted by Gasteiger charge is -2.31. The quantitative estimate of drug-likeness (QED) is 0.802. The zero-order chi connectivity index (χ0) is 13.3. The smallest absolute Gasteiger partial charge is 0.182 e. The highest BCUT2D eigenvalue weighted by Gasteiger charge is 2.22. The highest BCUT2D eigenvalue weighted by molar-refractivity contribution is 7.80. The Balaban J connectivity index is 2.30. The Morgan fingerprint density at radius 3 is 2.44 bits per heavy atom. The van der Waals surface area contributed by atoms with E-state index >= 15 is 0 Å². The van der Waals surface area contributed by atoms with Crippen LogP contribution in [-0.4, -0.2) is 29.3 Å². The van der Waals surface area contributed by atoms with Gasteiger partial charge in [-0.05, 0) is 25.0 Å². The lowest BCUT2D eigenvalue weighted by Crippen LogP contribution is -2.36. The molecule has 0 radical (unpaired) electrons. The third-order valence-electron chi connectivity index (χ3n) is 3.13. The minimum Gasteiger partial charge on any atom is -0.393 e. The summed E-state index contributed by atoms with van der Waals surface area (Å²) in [6, 6.07) is 2.87. The minimum absolute atomic E-state index is 0.0803. The Labute approximate surface area is 109 Å². The van der Waals surface area contributed by atoms with Gasteiger partial charge in [0, 0.05) is 18.7 Å². The van der Waals surface area contributed by atoms with E-state index in [-0.39, 0.29) is 22.3 Å². The molecule has 18 heavy (non-hydrogen) atoms. The third-order valence-corrected chi connectivity index (χ3v) is 3.35. The number of hydrogen-bond donors (Lipinski definition) is 2. The molecule has 1 aliphatic rings. The molecule has 6 heteroatoms. The van der Waals surface area contributed by atoms with Gasteiger partial charge in [0.2, 0.25) is 0 Å². The van der Waals surface area contributed by atoms with Gasteiger partial charge in [-0.3, -0.25) is 0 Å². The van der Waals surface area contributed by atoms with Gasteiger partial charge in [0.15, 0.2) is 11.6 Å². The summed E-state index contributed by atoms with van der Waals surface area (Å²) < 4.78 is 27.6. The molecule has 1 aliphatic heterocycles. The number of aliphatic hydroxyl groups excluding tert-OH is 1. The van der Waals surface area contributed by atoms with Crippen LogP contribution in [0, 0.1) is 11.6 Å². The minimum atomic E-state index is -1.01. The zero-order valence-corrected chi connectivity index (χ0v) is 10.5. The van der Waals surface area contributed by atoms with Crippen LogP contribution in [0.3, 0.4) is 0 Å². The summed E-state index contributed by atoms with van der Waals surface area (Å²) in [6.07, 6.45) is 0.751. The first-order valence-corrected chi connectivity index (χ1v) is 6.12. The first kappa shape index (κ1) is 13.2. The van der Waals surface area contributed by atoms with Gasteiger partial charge in [0.05, 0.1) is 11.8 Å². The van der Waals surface area contributed by atoms with Crippen LogP contribution in [0.25, 0.3) is 0 Å². The van der Waals surface area contributed by atoms with Crippen molar-refractivity contribution in [1.82, 2.24) is 0 Å². The number of hydrogen-bond acceptors (Lipinski definition) is 3. The van der Waals surface area contributed by atoms with Gasteiger partial charge in [0.1, 0.15) is 4.99 Å². The summed E-state index contributed by atoms with van der Waals surface area (Å²) in [6.45, 7) is 1.01. The summed E-state index contributed by atoms with van der Waals surface area (Å²) >= 11 is 4.65. The number of benzene rings is 1. The van der Waals surface area contributed by atoms with Crippen LogP contribution in [0.5, 0.6) is 0 Å². The molecule has 0 spiro atoms. The number of aliphatic hydroxyl groups is 1. The molecule has 0 bridgehead atoms. The van der Waals surface area contributed by atoms with Crippen molar-refractivity contribution in [2.24, 2.45) is 5.73 Å². The molecule has 2 rings (SSSR count). The Kier molecular flexibility index (Phi) is 3.77. The van der Waals surface area contributed by atoms with E-state index in [0.29, 0.717) is 25.9 Å². The molecule has 0 saturated carbocycles. The van der Waals surface area contributed by atoms with E-state index in [0.717, 1.165) is 0 Å². The van der Waals surface area contributed by atoms with Gasteiger partial charge in [-0.15, -0.1) is 0 Å². The second-order valence-electron chi connectivity index (χ2n) is 4.34. The lowest BCUT2D eigenvalue weighted by atomic mass is 10.1. The molecule has 0 unspecified atom stereocenters. The van der Waals surface area contributed by atoms with Gasteiger partial charge in [-0.2, -0.15) is 0 Å². The first-order chi connectivity index (χ1) is 8.50. The van der Waals surface area contributed by atoms with Crippen LogP contribution in [-0.2, 0) is 0 Å². The fourth-order valence-electron chi connectivity index (χ4n) is 2.08.